The maximum absolute atomic E-state index is 12.8. The summed E-state index contributed by atoms with van der Waals surface area (Å²) in [5.74, 6) is -1.29. The molecule has 0 atom stereocenters. The van der Waals surface area contributed by atoms with Crippen molar-refractivity contribution in [2.24, 2.45) is 0 Å². The number of nitriles is 1. The smallest absolute Gasteiger partial charge is 0.340 e. The van der Waals surface area contributed by atoms with E-state index in [1.54, 1.807) is 24.3 Å². The zero-order valence-electron chi connectivity index (χ0n) is 18.3. The number of benzene rings is 3. The number of allylic oxidation sites excluding steroid dienone is 1. The molecule has 0 bridgehead atoms. The first-order valence-electron chi connectivity index (χ1n) is 10.5. The molecule has 10 heteroatoms. The van der Waals surface area contributed by atoms with Gasteiger partial charge in [-0.3, -0.25) is 10.1 Å². The number of nitro benzene ring substituents is 1. The number of ether oxygens (including phenoxy) is 1. The van der Waals surface area contributed by atoms with Crippen molar-refractivity contribution in [2.75, 3.05) is 11.9 Å². The van der Waals surface area contributed by atoms with Crippen LogP contribution in [0.3, 0.4) is 0 Å². The number of rotatable bonds is 8. The zero-order valence-corrected chi connectivity index (χ0v) is 18.3. The van der Waals surface area contributed by atoms with Crippen LogP contribution in [0.4, 0.5) is 11.4 Å². The molecule has 3 N–H and O–H groups in total. The minimum atomic E-state index is -0.905. The van der Waals surface area contributed by atoms with E-state index in [-0.39, 0.29) is 22.6 Å². The lowest BCUT2D eigenvalue weighted by molar-refractivity contribution is -0.384. The maximum atomic E-state index is 12.8. The lowest BCUT2D eigenvalue weighted by atomic mass is 10.1. The van der Waals surface area contributed by atoms with Crippen LogP contribution in [0.1, 0.15) is 21.7 Å². The van der Waals surface area contributed by atoms with Gasteiger partial charge in [0.25, 0.3) is 5.69 Å². The number of aromatic nitrogens is 2. The Morgan fingerprint density at radius 3 is 2.60 bits per heavy atom. The fourth-order valence-corrected chi connectivity index (χ4v) is 3.37. The third-order valence-electron chi connectivity index (χ3n) is 5.13. The van der Waals surface area contributed by atoms with Gasteiger partial charge in [-0.25, -0.2) is 9.78 Å². The molecule has 1 aromatic heterocycles. The molecule has 35 heavy (non-hydrogen) atoms. The minimum Gasteiger partial charge on any atom is -0.507 e. The number of fused-ring (bicyclic) bond motifs is 1. The summed E-state index contributed by atoms with van der Waals surface area (Å²) in [6, 6.07) is 22.1. The molecule has 0 aliphatic heterocycles. The van der Waals surface area contributed by atoms with Crippen LogP contribution in [0.15, 0.2) is 78.6 Å². The highest BCUT2D eigenvalue weighted by Crippen LogP contribution is 2.25. The van der Waals surface area contributed by atoms with Gasteiger partial charge in [0.2, 0.25) is 0 Å². The van der Waals surface area contributed by atoms with Crippen LogP contribution in [-0.2, 0) is 11.3 Å². The van der Waals surface area contributed by atoms with Crippen molar-refractivity contribution in [1.82, 2.24) is 9.97 Å². The first-order chi connectivity index (χ1) is 17.0. The lowest BCUT2D eigenvalue weighted by Gasteiger charge is -2.12. The highest BCUT2D eigenvalue weighted by molar-refractivity contribution is 5.96. The largest absolute Gasteiger partial charge is 0.507 e. The molecule has 0 radical (unpaired) electrons. The van der Waals surface area contributed by atoms with Gasteiger partial charge in [0.1, 0.15) is 18.2 Å². The van der Waals surface area contributed by atoms with Crippen LogP contribution in [0.25, 0.3) is 16.6 Å². The highest BCUT2D eigenvalue weighted by Gasteiger charge is 2.20. The molecule has 4 rings (SSSR count). The third-order valence-corrected chi connectivity index (χ3v) is 5.13. The monoisotopic (exact) mass is 469 g/mol. The van der Waals surface area contributed by atoms with Crippen molar-refractivity contribution < 1.29 is 19.6 Å². The Hall–Kier alpha value is -5.17. The van der Waals surface area contributed by atoms with Gasteiger partial charge in [-0.15, -0.1) is 0 Å². The van der Waals surface area contributed by atoms with E-state index in [0.717, 1.165) is 11.6 Å². The van der Waals surface area contributed by atoms with E-state index in [2.05, 4.69) is 15.3 Å². The fraction of sp³-hybridized carbons (Fsp3) is 0.0800. The number of aromatic amines is 1. The summed E-state index contributed by atoms with van der Waals surface area (Å²) in [6.07, 6.45) is 0. The van der Waals surface area contributed by atoms with Gasteiger partial charge < -0.3 is 20.1 Å². The second kappa shape index (κ2) is 10.2. The number of esters is 1. The molecule has 1 heterocycles. The van der Waals surface area contributed by atoms with Crippen molar-refractivity contribution in [3.05, 3.63) is 106 Å². The number of aliphatic hydroxyl groups is 1. The lowest BCUT2D eigenvalue weighted by Crippen LogP contribution is -2.13. The molecule has 0 aliphatic rings. The Morgan fingerprint density at radius 1 is 1.14 bits per heavy atom. The SMILES string of the molecule is N#CC(=C(O)COC(=O)c1cc([N+](=O)[O-])ccc1NCc1ccccc1)c1nc2ccccc2[nH]1. The van der Waals surface area contributed by atoms with E-state index < -0.39 is 23.3 Å². The maximum Gasteiger partial charge on any atom is 0.340 e. The molecule has 3 aromatic carbocycles. The summed E-state index contributed by atoms with van der Waals surface area (Å²) < 4.78 is 5.19. The number of carbonyl (C=O) groups excluding carboxylic acids is 1. The van der Waals surface area contributed by atoms with E-state index in [1.165, 1.54) is 12.1 Å². The van der Waals surface area contributed by atoms with Crippen molar-refractivity contribution in [2.45, 2.75) is 6.54 Å². The number of H-pyrrole nitrogens is 1. The van der Waals surface area contributed by atoms with Gasteiger partial charge in [0.15, 0.2) is 11.6 Å². The summed E-state index contributed by atoms with van der Waals surface area (Å²) in [5.41, 5.74) is 1.99. The van der Waals surface area contributed by atoms with Crippen molar-refractivity contribution >= 4 is 34.0 Å². The summed E-state index contributed by atoms with van der Waals surface area (Å²) >= 11 is 0. The van der Waals surface area contributed by atoms with Crippen LogP contribution in [-0.4, -0.2) is 32.6 Å². The molecule has 0 spiro atoms. The molecule has 0 saturated carbocycles. The van der Waals surface area contributed by atoms with Crippen LogP contribution >= 0.6 is 0 Å². The zero-order chi connectivity index (χ0) is 24.8. The van der Waals surface area contributed by atoms with Gasteiger partial charge in [-0.1, -0.05) is 42.5 Å². The van der Waals surface area contributed by atoms with E-state index in [4.69, 9.17) is 4.74 Å². The van der Waals surface area contributed by atoms with Gasteiger partial charge in [0, 0.05) is 24.4 Å². The van der Waals surface area contributed by atoms with E-state index in [9.17, 15) is 25.3 Å². The molecule has 0 unspecified atom stereocenters. The molecular formula is C25H19N5O5. The van der Waals surface area contributed by atoms with Crippen molar-refractivity contribution in [3.63, 3.8) is 0 Å². The molecular weight excluding hydrogens is 450 g/mol. The van der Waals surface area contributed by atoms with Gasteiger partial charge in [0.05, 0.1) is 21.5 Å². The Balaban J connectivity index is 1.55. The molecule has 0 saturated heterocycles. The predicted molar refractivity (Wildman–Crippen MR) is 128 cm³/mol. The highest BCUT2D eigenvalue weighted by atomic mass is 16.6. The molecule has 4 aromatic rings. The molecule has 174 valence electrons. The normalized spacial score (nSPS) is 11.4. The third kappa shape index (κ3) is 5.26. The minimum absolute atomic E-state index is 0.0785. The van der Waals surface area contributed by atoms with Crippen LogP contribution in [0, 0.1) is 21.4 Å². The van der Waals surface area contributed by atoms with Crippen LogP contribution in [0.5, 0.6) is 0 Å². The van der Waals surface area contributed by atoms with Gasteiger partial charge in [-0.05, 0) is 23.8 Å². The second-order valence-corrected chi connectivity index (χ2v) is 7.44. The second-order valence-electron chi connectivity index (χ2n) is 7.44. The Kier molecular flexibility index (Phi) is 6.69. The van der Waals surface area contributed by atoms with E-state index >= 15 is 0 Å². The van der Waals surface area contributed by atoms with Gasteiger partial charge in [-0.2, -0.15) is 5.26 Å². The first kappa shape index (κ1) is 23.0. The van der Waals surface area contributed by atoms with Crippen LogP contribution in [0.2, 0.25) is 0 Å². The van der Waals surface area contributed by atoms with E-state index in [1.807, 2.05) is 36.4 Å². The molecule has 0 amide bonds. The van der Waals surface area contributed by atoms with Crippen molar-refractivity contribution in [3.8, 4) is 6.07 Å². The number of aliphatic hydroxyl groups excluding tert-OH is 1. The Labute approximate surface area is 199 Å². The number of non-ortho nitro benzene ring substituents is 1. The van der Waals surface area contributed by atoms with Crippen LogP contribution < -0.4 is 5.32 Å². The summed E-state index contributed by atoms with van der Waals surface area (Å²) in [7, 11) is 0. The number of nitrogens with zero attached hydrogens (tertiary/aromatic N) is 3. The average Bonchev–Trinajstić information content (AvgIpc) is 3.30. The quantitative estimate of drug-likeness (QED) is 0.110. The molecule has 0 aliphatic carbocycles. The number of para-hydroxylation sites is 2. The predicted octanol–water partition coefficient (Wildman–Crippen LogP) is 4.73. The Morgan fingerprint density at radius 2 is 1.89 bits per heavy atom. The fourth-order valence-electron chi connectivity index (χ4n) is 3.37. The molecule has 10 nitrogen and oxygen atoms in total. The number of anilines is 1. The average molecular weight is 469 g/mol. The van der Waals surface area contributed by atoms with Crippen molar-refractivity contribution in [1.29, 1.82) is 5.26 Å². The number of hydrogen-bond acceptors (Lipinski definition) is 8. The number of nitrogens with one attached hydrogen (secondary N) is 2. The number of imidazole rings is 1. The summed E-state index contributed by atoms with van der Waals surface area (Å²) in [4.78, 5) is 30.6. The number of carbonyl (C=O) groups is 1. The summed E-state index contributed by atoms with van der Waals surface area (Å²) in [5, 5.41) is 34.3. The van der Waals surface area contributed by atoms with E-state index in [0.29, 0.717) is 23.3 Å². The first-order valence-corrected chi connectivity index (χ1v) is 10.5. The summed E-state index contributed by atoms with van der Waals surface area (Å²) in [6.45, 7) is -0.256. The molecule has 0 fully saturated rings. The number of nitro groups is 1. The standard InChI is InChI=1S/C25H19N5O5/c26-13-19(24-28-21-8-4-5-9-22(21)29-24)23(31)15-35-25(32)18-12-17(30(33)34)10-11-20(18)27-14-16-6-2-1-3-7-16/h1-12,27,31H,14-15H2,(H,28,29). The topological polar surface area (TPSA) is 154 Å². The Bertz CT molecular complexity index is 1440. The van der Waals surface area contributed by atoms with Gasteiger partial charge >= 0.3 is 5.97 Å². The number of hydrogen-bond donors (Lipinski definition) is 3.